The van der Waals surface area contributed by atoms with E-state index in [-0.39, 0.29) is 0 Å². The molecule has 0 bridgehead atoms. The Morgan fingerprint density at radius 2 is 1.95 bits per heavy atom. The van der Waals surface area contributed by atoms with Crippen LogP contribution in [0.1, 0.15) is 32.8 Å². The van der Waals surface area contributed by atoms with E-state index in [1.807, 2.05) is 17.1 Å². The van der Waals surface area contributed by atoms with E-state index in [4.69, 9.17) is 0 Å². The van der Waals surface area contributed by atoms with Crippen LogP contribution in [0.4, 0.5) is 0 Å². The molecule has 0 aliphatic carbocycles. The molecule has 0 spiro atoms. The lowest BCUT2D eigenvalue weighted by Crippen LogP contribution is -2.28. The van der Waals surface area contributed by atoms with E-state index in [0.29, 0.717) is 5.41 Å². The Kier molecular flexibility index (Phi) is 4.38. The van der Waals surface area contributed by atoms with Gasteiger partial charge >= 0.3 is 0 Å². The third-order valence-corrected chi connectivity index (χ3v) is 3.63. The van der Waals surface area contributed by atoms with Crippen LogP contribution in [-0.4, -0.2) is 16.1 Å². The summed E-state index contributed by atoms with van der Waals surface area (Å²) in [7, 11) is 0. The van der Waals surface area contributed by atoms with Gasteiger partial charge in [-0.3, -0.25) is 0 Å². The molecule has 1 N–H and O–H groups in total. The van der Waals surface area contributed by atoms with E-state index in [1.54, 1.807) is 6.20 Å². The summed E-state index contributed by atoms with van der Waals surface area (Å²) in [6.07, 6.45) is 6.76. The van der Waals surface area contributed by atoms with Crippen LogP contribution in [0.2, 0.25) is 0 Å². The maximum absolute atomic E-state index is 4.06. The van der Waals surface area contributed by atoms with Crippen molar-refractivity contribution >= 4 is 0 Å². The molecule has 2 aromatic rings. The molecule has 0 amide bonds. The Balaban J connectivity index is 1.89. The van der Waals surface area contributed by atoms with Gasteiger partial charge in [-0.05, 0) is 29.5 Å². The van der Waals surface area contributed by atoms with Gasteiger partial charge in [0.2, 0.25) is 0 Å². The summed E-state index contributed by atoms with van der Waals surface area (Å²) in [6, 6.07) is 8.59. The Morgan fingerprint density at radius 3 is 2.53 bits per heavy atom. The molecule has 1 aromatic carbocycles. The van der Waals surface area contributed by atoms with Crippen molar-refractivity contribution in [3.63, 3.8) is 0 Å². The summed E-state index contributed by atoms with van der Waals surface area (Å²) in [6.45, 7) is 8.80. The molecule has 2 rings (SSSR count). The van der Waals surface area contributed by atoms with E-state index in [2.05, 4.69) is 55.3 Å². The van der Waals surface area contributed by atoms with E-state index in [1.165, 1.54) is 12.0 Å². The van der Waals surface area contributed by atoms with Crippen LogP contribution in [-0.2, 0) is 6.54 Å². The molecule has 0 unspecified atom stereocenters. The summed E-state index contributed by atoms with van der Waals surface area (Å²) in [4.78, 5) is 4.06. The average molecular weight is 257 g/mol. The van der Waals surface area contributed by atoms with Crippen LogP contribution in [0.5, 0.6) is 0 Å². The minimum atomic E-state index is 0.372. The first-order valence-electron chi connectivity index (χ1n) is 6.89. The fourth-order valence-corrected chi connectivity index (χ4v) is 1.87. The van der Waals surface area contributed by atoms with Crippen LogP contribution in [0.3, 0.4) is 0 Å². The van der Waals surface area contributed by atoms with Gasteiger partial charge in [0.25, 0.3) is 0 Å². The van der Waals surface area contributed by atoms with E-state index < -0.39 is 0 Å². The SMILES string of the molecule is CCC(C)(C)CNCc1ccc(-n2ccnc2)cc1. The molecular formula is C16H23N3. The molecule has 3 heteroatoms. The van der Waals surface area contributed by atoms with Gasteiger partial charge in [-0.15, -0.1) is 0 Å². The number of hydrogen-bond donors (Lipinski definition) is 1. The number of rotatable bonds is 6. The summed E-state index contributed by atoms with van der Waals surface area (Å²) in [5.41, 5.74) is 2.84. The second-order valence-corrected chi connectivity index (χ2v) is 5.76. The van der Waals surface area contributed by atoms with Crippen molar-refractivity contribution in [2.24, 2.45) is 5.41 Å². The van der Waals surface area contributed by atoms with Crippen molar-refractivity contribution in [3.8, 4) is 5.69 Å². The number of imidazole rings is 1. The first-order valence-corrected chi connectivity index (χ1v) is 6.89. The fourth-order valence-electron chi connectivity index (χ4n) is 1.87. The Bertz CT molecular complexity index is 483. The van der Waals surface area contributed by atoms with Crippen LogP contribution in [0.15, 0.2) is 43.0 Å². The van der Waals surface area contributed by atoms with Gasteiger partial charge in [-0.2, -0.15) is 0 Å². The lowest BCUT2D eigenvalue weighted by atomic mass is 9.90. The lowest BCUT2D eigenvalue weighted by Gasteiger charge is -2.23. The van der Waals surface area contributed by atoms with Gasteiger partial charge in [0, 0.05) is 31.2 Å². The summed E-state index contributed by atoms with van der Waals surface area (Å²) in [5.74, 6) is 0. The molecule has 0 atom stereocenters. The van der Waals surface area contributed by atoms with E-state index >= 15 is 0 Å². The van der Waals surface area contributed by atoms with Gasteiger partial charge in [-0.1, -0.05) is 32.9 Å². The Hall–Kier alpha value is -1.61. The zero-order valence-corrected chi connectivity index (χ0v) is 12.1. The van der Waals surface area contributed by atoms with Gasteiger partial charge in [0.15, 0.2) is 0 Å². The third-order valence-electron chi connectivity index (χ3n) is 3.63. The standard InChI is InChI=1S/C16H23N3/c1-4-16(2,3)12-18-11-14-5-7-15(8-6-14)19-10-9-17-13-19/h5-10,13,18H,4,11-12H2,1-3H3. The molecule has 0 radical (unpaired) electrons. The maximum Gasteiger partial charge on any atom is 0.0991 e. The second-order valence-electron chi connectivity index (χ2n) is 5.76. The highest BCUT2D eigenvalue weighted by atomic mass is 15.0. The van der Waals surface area contributed by atoms with Crippen molar-refractivity contribution in [1.82, 2.24) is 14.9 Å². The zero-order valence-electron chi connectivity index (χ0n) is 12.1. The molecule has 0 fully saturated rings. The van der Waals surface area contributed by atoms with Crippen LogP contribution < -0.4 is 5.32 Å². The Morgan fingerprint density at radius 1 is 1.21 bits per heavy atom. The average Bonchev–Trinajstić information content (AvgIpc) is 2.93. The summed E-state index contributed by atoms with van der Waals surface area (Å²) in [5, 5.41) is 3.53. The highest BCUT2D eigenvalue weighted by Crippen LogP contribution is 2.18. The lowest BCUT2D eigenvalue weighted by molar-refractivity contribution is 0.327. The minimum absolute atomic E-state index is 0.372. The first kappa shape index (κ1) is 13.8. The molecule has 19 heavy (non-hydrogen) atoms. The third kappa shape index (κ3) is 3.93. The highest BCUT2D eigenvalue weighted by Gasteiger charge is 2.13. The minimum Gasteiger partial charge on any atom is -0.312 e. The molecule has 1 heterocycles. The molecule has 0 aliphatic heterocycles. The molecule has 0 saturated carbocycles. The smallest absolute Gasteiger partial charge is 0.0991 e. The molecule has 1 aromatic heterocycles. The number of nitrogens with zero attached hydrogens (tertiary/aromatic N) is 2. The van der Waals surface area contributed by atoms with Crippen molar-refractivity contribution in [2.75, 3.05) is 6.54 Å². The molecule has 3 nitrogen and oxygen atoms in total. The quantitative estimate of drug-likeness (QED) is 0.859. The van der Waals surface area contributed by atoms with Crippen LogP contribution >= 0.6 is 0 Å². The number of benzene rings is 1. The predicted molar refractivity (Wildman–Crippen MR) is 79.3 cm³/mol. The van der Waals surface area contributed by atoms with Crippen molar-refractivity contribution in [1.29, 1.82) is 0 Å². The maximum atomic E-state index is 4.06. The second kappa shape index (κ2) is 6.02. The molecule has 0 saturated heterocycles. The zero-order chi connectivity index (χ0) is 13.7. The largest absolute Gasteiger partial charge is 0.312 e. The molecular weight excluding hydrogens is 234 g/mol. The highest BCUT2D eigenvalue weighted by molar-refractivity contribution is 5.34. The van der Waals surface area contributed by atoms with Crippen molar-refractivity contribution in [3.05, 3.63) is 48.5 Å². The summed E-state index contributed by atoms with van der Waals surface area (Å²) < 4.78 is 2.01. The normalized spacial score (nSPS) is 11.7. The fraction of sp³-hybridized carbons (Fsp3) is 0.438. The van der Waals surface area contributed by atoms with Gasteiger partial charge in [-0.25, -0.2) is 4.98 Å². The predicted octanol–water partition coefficient (Wildman–Crippen LogP) is 3.40. The van der Waals surface area contributed by atoms with Gasteiger partial charge < -0.3 is 9.88 Å². The molecule has 102 valence electrons. The van der Waals surface area contributed by atoms with Crippen LogP contribution in [0, 0.1) is 5.41 Å². The first-order chi connectivity index (χ1) is 9.11. The van der Waals surface area contributed by atoms with Gasteiger partial charge in [0.1, 0.15) is 0 Å². The van der Waals surface area contributed by atoms with E-state index in [0.717, 1.165) is 18.8 Å². The monoisotopic (exact) mass is 257 g/mol. The van der Waals surface area contributed by atoms with E-state index in [9.17, 15) is 0 Å². The van der Waals surface area contributed by atoms with Crippen molar-refractivity contribution in [2.45, 2.75) is 33.7 Å². The summed E-state index contributed by atoms with van der Waals surface area (Å²) >= 11 is 0. The van der Waals surface area contributed by atoms with Gasteiger partial charge in [0.05, 0.1) is 6.33 Å². The number of hydrogen-bond acceptors (Lipinski definition) is 2. The number of nitrogens with one attached hydrogen (secondary N) is 1. The topological polar surface area (TPSA) is 29.9 Å². The Labute approximate surface area is 115 Å². The van der Waals surface area contributed by atoms with Crippen LogP contribution in [0.25, 0.3) is 5.69 Å². The molecule has 0 aliphatic rings. The number of aromatic nitrogens is 2. The van der Waals surface area contributed by atoms with Crippen molar-refractivity contribution < 1.29 is 0 Å².